The first-order chi connectivity index (χ1) is 28.6. The molecule has 1 aromatic heterocycles. The minimum atomic E-state index is -4.46. The highest BCUT2D eigenvalue weighted by Crippen LogP contribution is 2.36. The maximum absolute atomic E-state index is 13.4. The Hall–Kier alpha value is -5.96. The number of nitrogens with zero attached hydrogens (tertiary/aromatic N) is 4. The van der Waals surface area contributed by atoms with E-state index >= 15 is 0 Å². The molecule has 1 saturated heterocycles. The second kappa shape index (κ2) is 18.7. The van der Waals surface area contributed by atoms with Gasteiger partial charge >= 0.3 is 0 Å². The number of carbonyl (C=O) groups is 1. The summed E-state index contributed by atoms with van der Waals surface area (Å²) in [6, 6.07) is 38.8. The van der Waals surface area contributed by atoms with Crippen molar-refractivity contribution in [2.45, 2.75) is 53.7 Å². The zero-order valence-corrected chi connectivity index (χ0v) is 34.3. The van der Waals surface area contributed by atoms with Gasteiger partial charge in [-0.3, -0.25) is 14.9 Å². The molecule has 5 aromatic carbocycles. The lowest BCUT2D eigenvalue weighted by molar-refractivity contribution is -0.384. The summed E-state index contributed by atoms with van der Waals surface area (Å²) in [7, 11) is -2.68. The highest BCUT2D eigenvalue weighted by atomic mass is 32.2. The number of nitro benzene ring substituents is 1. The van der Waals surface area contributed by atoms with E-state index in [9.17, 15) is 23.3 Å². The van der Waals surface area contributed by atoms with Gasteiger partial charge in [-0.1, -0.05) is 72.8 Å². The standard InChI is InChI=1S/C45H46N6O6S2/c1-57-45(31-36-12-8-9-15-41(36)34-10-4-2-5-11-34)23-27-50(28-24-45)38-18-16-35(17-19-38)44(52)48-59(55,56)40-20-21-42(43(30-40)51(53)54)47-37(22-26-49-29-25-46-33-49)32-58-39-13-6-3-7-14-39/h2-21,25,29-30,33,37,47H,22-24,26-28,31-32H2,1H3,(H,48,52)/t37-/m1/s1. The van der Waals surface area contributed by atoms with E-state index in [2.05, 4.69) is 56.3 Å². The van der Waals surface area contributed by atoms with Gasteiger partial charge in [0.15, 0.2) is 0 Å². The second-order valence-corrected chi connectivity index (χ2v) is 17.3. The van der Waals surface area contributed by atoms with Crippen LogP contribution >= 0.6 is 11.8 Å². The molecule has 59 heavy (non-hydrogen) atoms. The summed E-state index contributed by atoms with van der Waals surface area (Å²) in [5.41, 5.74) is 4.09. The number of thioether (sulfide) groups is 1. The number of aryl methyl sites for hydroxylation is 1. The van der Waals surface area contributed by atoms with E-state index in [4.69, 9.17) is 4.74 Å². The van der Waals surface area contributed by atoms with Crippen molar-refractivity contribution >= 4 is 44.8 Å². The zero-order valence-electron chi connectivity index (χ0n) is 32.6. The Balaban J connectivity index is 0.984. The van der Waals surface area contributed by atoms with Crippen LogP contribution in [0.2, 0.25) is 0 Å². The van der Waals surface area contributed by atoms with E-state index in [1.165, 1.54) is 28.8 Å². The number of anilines is 2. The van der Waals surface area contributed by atoms with Crippen LogP contribution in [-0.2, 0) is 27.7 Å². The number of hydrogen-bond donors (Lipinski definition) is 2. The summed E-state index contributed by atoms with van der Waals surface area (Å²) < 4.78 is 37.1. The van der Waals surface area contributed by atoms with Gasteiger partial charge in [0.25, 0.3) is 21.6 Å². The lowest BCUT2D eigenvalue weighted by atomic mass is 9.82. The third-order valence-electron chi connectivity index (χ3n) is 10.8. The topological polar surface area (TPSA) is 149 Å². The van der Waals surface area contributed by atoms with Crippen molar-refractivity contribution < 1.29 is 22.9 Å². The van der Waals surface area contributed by atoms with E-state index in [0.29, 0.717) is 18.7 Å². The van der Waals surface area contributed by atoms with E-state index in [0.717, 1.165) is 49.0 Å². The number of benzene rings is 5. The Kier molecular flexibility index (Phi) is 13.1. The predicted molar refractivity (Wildman–Crippen MR) is 232 cm³/mol. The highest BCUT2D eigenvalue weighted by Gasteiger charge is 2.36. The van der Waals surface area contributed by atoms with Gasteiger partial charge in [-0.15, -0.1) is 11.8 Å². The molecule has 304 valence electrons. The minimum Gasteiger partial charge on any atom is -0.378 e. The number of sulfonamides is 1. The lowest BCUT2D eigenvalue weighted by Crippen LogP contribution is -2.47. The van der Waals surface area contributed by atoms with Crippen LogP contribution in [0.4, 0.5) is 17.1 Å². The number of imidazole rings is 1. The maximum atomic E-state index is 13.4. The number of aromatic nitrogens is 2. The molecular formula is C45H46N6O6S2. The van der Waals surface area contributed by atoms with Gasteiger partial charge in [0.2, 0.25) is 0 Å². The number of hydrogen-bond acceptors (Lipinski definition) is 10. The third kappa shape index (κ3) is 10.4. The second-order valence-electron chi connectivity index (χ2n) is 14.5. The molecule has 14 heteroatoms. The first kappa shape index (κ1) is 41.2. The molecule has 0 spiro atoms. The molecule has 0 radical (unpaired) electrons. The van der Waals surface area contributed by atoms with Crippen LogP contribution in [-0.4, -0.2) is 66.4 Å². The van der Waals surface area contributed by atoms with Crippen molar-refractivity contribution in [2.24, 2.45) is 0 Å². The summed E-state index contributed by atoms with van der Waals surface area (Å²) in [5.74, 6) is -0.242. The number of methoxy groups -OCH3 is 1. The number of nitrogens with one attached hydrogen (secondary N) is 2. The Labute approximate surface area is 348 Å². The van der Waals surface area contributed by atoms with E-state index in [1.54, 1.807) is 55.7 Å². The van der Waals surface area contributed by atoms with E-state index in [1.807, 2.05) is 59.3 Å². The molecule has 1 amide bonds. The van der Waals surface area contributed by atoms with Gasteiger partial charge in [0, 0.05) is 79.6 Å². The molecule has 1 aliphatic rings. The molecule has 1 aliphatic heterocycles. The SMILES string of the molecule is COC1(Cc2ccccc2-c2ccccc2)CCN(c2ccc(C(=O)NS(=O)(=O)c3ccc(N[C@H](CCn4ccnc4)CSc4ccccc4)c([N+](=O)[O-])c3)cc2)CC1. The van der Waals surface area contributed by atoms with Crippen LogP contribution in [0.1, 0.15) is 35.2 Å². The van der Waals surface area contributed by atoms with Crippen molar-refractivity contribution in [3.8, 4) is 11.1 Å². The first-order valence-corrected chi connectivity index (χ1v) is 21.9. The summed E-state index contributed by atoms with van der Waals surface area (Å²) in [5, 5.41) is 15.5. The maximum Gasteiger partial charge on any atom is 0.293 e. The van der Waals surface area contributed by atoms with Gasteiger partial charge in [0.05, 0.1) is 21.7 Å². The quantitative estimate of drug-likeness (QED) is 0.0521. The molecule has 2 heterocycles. The molecule has 1 atom stereocenters. The fraction of sp³-hybridized carbons (Fsp3) is 0.244. The van der Waals surface area contributed by atoms with Crippen molar-refractivity contribution in [2.75, 3.05) is 36.2 Å². The van der Waals surface area contributed by atoms with Crippen molar-refractivity contribution in [3.05, 3.63) is 167 Å². The average molecular weight is 831 g/mol. The van der Waals surface area contributed by atoms with Crippen molar-refractivity contribution in [1.29, 1.82) is 0 Å². The first-order valence-electron chi connectivity index (χ1n) is 19.4. The number of piperidine rings is 1. The van der Waals surface area contributed by atoms with Crippen LogP contribution < -0.4 is 14.9 Å². The van der Waals surface area contributed by atoms with Gasteiger partial charge in [-0.05, 0) is 84.5 Å². The summed E-state index contributed by atoms with van der Waals surface area (Å²) in [6.45, 7) is 2.10. The molecule has 2 N–H and O–H groups in total. The fourth-order valence-electron chi connectivity index (χ4n) is 7.42. The van der Waals surface area contributed by atoms with Gasteiger partial charge in [-0.2, -0.15) is 0 Å². The van der Waals surface area contributed by atoms with Crippen LogP contribution in [0.3, 0.4) is 0 Å². The Morgan fingerprint density at radius 2 is 1.63 bits per heavy atom. The molecule has 0 bridgehead atoms. The van der Waals surface area contributed by atoms with Crippen LogP contribution in [0.25, 0.3) is 11.1 Å². The smallest absolute Gasteiger partial charge is 0.293 e. The lowest BCUT2D eigenvalue weighted by Gasteiger charge is -2.42. The molecule has 12 nitrogen and oxygen atoms in total. The van der Waals surface area contributed by atoms with E-state index < -0.39 is 31.4 Å². The summed E-state index contributed by atoms with van der Waals surface area (Å²) in [6.07, 6.45) is 8.24. The summed E-state index contributed by atoms with van der Waals surface area (Å²) >= 11 is 1.61. The molecule has 0 unspecified atom stereocenters. The Bertz CT molecular complexity index is 2440. The van der Waals surface area contributed by atoms with Crippen molar-refractivity contribution in [3.63, 3.8) is 0 Å². The van der Waals surface area contributed by atoms with Crippen LogP contribution in [0.5, 0.6) is 0 Å². The number of ether oxygens (including phenoxy) is 1. The fourth-order valence-corrected chi connectivity index (χ4v) is 9.40. The zero-order chi connectivity index (χ0) is 41.2. The van der Waals surface area contributed by atoms with E-state index in [-0.39, 0.29) is 22.9 Å². The van der Waals surface area contributed by atoms with Gasteiger partial charge in [-0.25, -0.2) is 18.1 Å². The molecular weight excluding hydrogens is 785 g/mol. The summed E-state index contributed by atoms with van der Waals surface area (Å²) in [4.78, 5) is 31.9. The monoisotopic (exact) mass is 830 g/mol. The third-order valence-corrected chi connectivity index (χ3v) is 13.3. The molecule has 6 aromatic rings. The number of nitro groups is 1. The Morgan fingerprint density at radius 3 is 2.31 bits per heavy atom. The molecule has 0 aliphatic carbocycles. The average Bonchev–Trinajstić information content (AvgIpc) is 3.79. The molecule has 7 rings (SSSR count). The Morgan fingerprint density at radius 1 is 0.932 bits per heavy atom. The van der Waals surface area contributed by atoms with Crippen molar-refractivity contribution in [1.82, 2.24) is 14.3 Å². The van der Waals surface area contributed by atoms with Gasteiger partial charge in [0.1, 0.15) is 5.69 Å². The highest BCUT2D eigenvalue weighted by molar-refractivity contribution is 7.99. The molecule has 1 fully saturated rings. The number of amides is 1. The normalized spacial score (nSPS) is 14.4. The molecule has 0 saturated carbocycles. The predicted octanol–water partition coefficient (Wildman–Crippen LogP) is 8.47. The number of carbonyl (C=O) groups excluding carboxylic acids is 1. The minimum absolute atomic E-state index is 0.141. The van der Waals surface area contributed by atoms with Gasteiger partial charge < -0.3 is 19.5 Å². The number of rotatable bonds is 17. The van der Waals surface area contributed by atoms with Crippen LogP contribution in [0.15, 0.2) is 156 Å². The largest absolute Gasteiger partial charge is 0.378 e. The van der Waals surface area contributed by atoms with Crippen LogP contribution in [0, 0.1) is 10.1 Å².